The Balaban J connectivity index is 3.64. The molecule has 0 spiro atoms. The van der Waals surface area contributed by atoms with Gasteiger partial charge in [0, 0.05) is 0 Å². The van der Waals surface area contributed by atoms with Crippen LogP contribution in [0.15, 0.2) is 0 Å². The van der Waals surface area contributed by atoms with Crippen LogP contribution in [0.4, 0.5) is 0 Å². The lowest BCUT2D eigenvalue weighted by Crippen LogP contribution is -2.35. The summed E-state index contributed by atoms with van der Waals surface area (Å²) in [6.45, 7) is 4.40. The van der Waals surface area contributed by atoms with Crippen molar-refractivity contribution in [2.45, 2.75) is 13.1 Å². The fraction of sp³-hybridized carbons (Fsp3) is 0.500. The summed E-state index contributed by atoms with van der Waals surface area (Å²) in [5.41, 5.74) is 0. The summed E-state index contributed by atoms with van der Waals surface area (Å²) >= 11 is 0. The smallest absolute Gasteiger partial charge is 0.333 e. The molecule has 3 heteroatoms. The maximum Gasteiger partial charge on any atom is 0.333 e. The van der Waals surface area contributed by atoms with E-state index >= 15 is 0 Å². The predicted octanol–water partition coefficient (Wildman–Crippen LogP) is 0.988. The Kier molecular flexibility index (Phi) is 4.64. The van der Waals surface area contributed by atoms with E-state index in [1.807, 2.05) is 13.1 Å². The Labute approximate surface area is 69.1 Å². The zero-order valence-corrected chi connectivity index (χ0v) is 7.89. The molecule has 0 aromatic heterocycles. The minimum absolute atomic E-state index is 0.295. The summed E-state index contributed by atoms with van der Waals surface area (Å²) in [6.07, 6.45) is 10.0. The van der Waals surface area contributed by atoms with Gasteiger partial charge in [-0.1, -0.05) is 11.8 Å². The van der Waals surface area contributed by atoms with Crippen molar-refractivity contribution in [3.8, 4) is 24.7 Å². The first kappa shape index (κ1) is 10.3. The van der Waals surface area contributed by atoms with E-state index in [-0.39, 0.29) is 0 Å². The highest BCUT2D eigenvalue weighted by Gasteiger charge is 2.23. The lowest BCUT2D eigenvalue weighted by Gasteiger charge is -2.19. The normalized spacial score (nSPS) is 10.2. The van der Waals surface area contributed by atoms with Crippen molar-refractivity contribution in [1.82, 2.24) is 0 Å². The number of hydrogen-bond acceptors (Lipinski definition) is 2. The van der Waals surface area contributed by atoms with Gasteiger partial charge in [-0.25, -0.2) is 0 Å². The van der Waals surface area contributed by atoms with E-state index in [0.29, 0.717) is 13.2 Å². The molecule has 60 valence electrons. The summed E-state index contributed by atoms with van der Waals surface area (Å²) in [7, 11) is -2.03. The maximum absolute atomic E-state index is 5.27. The first-order chi connectivity index (χ1) is 5.12. The average Bonchev–Trinajstić information content (AvgIpc) is 1.97. The Bertz CT molecular complexity index is 165. The summed E-state index contributed by atoms with van der Waals surface area (Å²) in [6, 6.07) is 0. The van der Waals surface area contributed by atoms with Crippen LogP contribution in [0.1, 0.15) is 0 Å². The van der Waals surface area contributed by atoms with Crippen molar-refractivity contribution >= 4 is 8.56 Å². The monoisotopic (exact) mass is 168 g/mol. The second-order valence-corrected chi connectivity index (χ2v) is 5.76. The standard InChI is InChI=1S/C8H12O2Si/c1-5-7-9-11(3,4)10-8-6-2/h1-2H,7-8H2,3-4H3. The predicted molar refractivity (Wildman–Crippen MR) is 47.1 cm³/mol. The zero-order valence-electron chi connectivity index (χ0n) is 6.89. The molecule has 0 unspecified atom stereocenters. The van der Waals surface area contributed by atoms with Gasteiger partial charge in [0.1, 0.15) is 0 Å². The first-order valence-corrected chi connectivity index (χ1v) is 6.09. The molecule has 2 nitrogen and oxygen atoms in total. The number of hydrogen-bond donors (Lipinski definition) is 0. The van der Waals surface area contributed by atoms with E-state index < -0.39 is 8.56 Å². The molecule has 0 aliphatic carbocycles. The Morgan fingerprint density at radius 2 is 1.45 bits per heavy atom. The van der Waals surface area contributed by atoms with Crippen molar-refractivity contribution < 1.29 is 8.85 Å². The fourth-order valence-electron chi connectivity index (χ4n) is 0.473. The van der Waals surface area contributed by atoms with E-state index in [9.17, 15) is 0 Å². The van der Waals surface area contributed by atoms with Crippen molar-refractivity contribution in [3.63, 3.8) is 0 Å². The highest BCUT2D eigenvalue weighted by molar-refractivity contribution is 6.64. The molecule has 0 atom stereocenters. The zero-order chi connectivity index (χ0) is 8.74. The van der Waals surface area contributed by atoms with Crippen LogP contribution in [0.3, 0.4) is 0 Å². The molecule has 0 heterocycles. The summed E-state index contributed by atoms with van der Waals surface area (Å²) in [5.74, 6) is 4.76. The lowest BCUT2D eigenvalue weighted by molar-refractivity contribution is 0.220. The third-order valence-corrected chi connectivity index (χ3v) is 2.69. The van der Waals surface area contributed by atoms with Crippen molar-refractivity contribution in [3.05, 3.63) is 0 Å². The van der Waals surface area contributed by atoms with Crippen LogP contribution in [-0.4, -0.2) is 21.8 Å². The molecule has 0 N–H and O–H groups in total. The molecule has 0 aromatic rings. The molecule has 0 saturated carbocycles. The molecule has 0 radical (unpaired) electrons. The maximum atomic E-state index is 5.27. The van der Waals surface area contributed by atoms with Gasteiger partial charge in [-0.3, -0.25) is 0 Å². The van der Waals surface area contributed by atoms with Gasteiger partial charge in [0.25, 0.3) is 0 Å². The van der Waals surface area contributed by atoms with Crippen LogP contribution < -0.4 is 0 Å². The third-order valence-electron chi connectivity index (χ3n) is 1.01. The summed E-state index contributed by atoms with van der Waals surface area (Å²) < 4.78 is 10.5. The Morgan fingerprint density at radius 1 is 1.09 bits per heavy atom. The Hall–Kier alpha value is -0.743. The van der Waals surface area contributed by atoms with E-state index in [1.54, 1.807) is 0 Å². The Morgan fingerprint density at radius 3 is 1.73 bits per heavy atom. The van der Waals surface area contributed by atoms with Gasteiger partial charge in [0.2, 0.25) is 0 Å². The van der Waals surface area contributed by atoms with Crippen LogP contribution in [0.2, 0.25) is 13.1 Å². The van der Waals surface area contributed by atoms with E-state index in [4.69, 9.17) is 21.7 Å². The van der Waals surface area contributed by atoms with E-state index in [0.717, 1.165) is 0 Å². The van der Waals surface area contributed by atoms with Gasteiger partial charge in [-0.15, -0.1) is 12.8 Å². The molecule has 0 aromatic carbocycles. The fourth-order valence-corrected chi connectivity index (χ4v) is 1.42. The van der Waals surface area contributed by atoms with Crippen LogP contribution in [0.5, 0.6) is 0 Å². The molecular weight excluding hydrogens is 156 g/mol. The second kappa shape index (κ2) is 4.98. The van der Waals surface area contributed by atoms with Crippen molar-refractivity contribution in [1.29, 1.82) is 0 Å². The van der Waals surface area contributed by atoms with E-state index in [1.165, 1.54) is 0 Å². The molecule has 0 saturated heterocycles. The van der Waals surface area contributed by atoms with Crippen molar-refractivity contribution in [2.75, 3.05) is 13.2 Å². The SMILES string of the molecule is C#CCO[Si](C)(C)OCC#C. The topological polar surface area (TPSA) is 18.5 Å². The van der Waals surface area contributed by atoms with Crippen LogP contribution in [0, 0.1) is 24.7 Å². The molecule has 11 heavy (non-hydrogen) atoms. The largest absolute Gasteiger partial charge is 0.383 e. The molecule has 0 aliphatic rings. The lowest BCUT2D eigenvalue weighted by atomic mass is 10.8. The van der Waals surface area contributed by atoms with Gasteiger partial charge >= 0.3 is 8.56 Å². The number of rotatable bonds is 4. The minimum atomic E-state index is -2.03. The van der Waals surface area contributed by atoms with Crippen LogP contribution in [-0.2, 0) is 8.85 Å². The highest BCUT2D eigenvalue weighted by Crippen LogP contribution is 2.04. The van der Waals surface area contributed by atoms with Gasteiger partial charge in [0.15, 0.2) is 0 Å². The minimum Gasteiger partial charge on any atom is -0.383 e. The molecule has 0 fully saturated rings. The van der Waals surface area contributed by atoms with E-state index in [2.05, 4.69) is 11.8 Å². The molecule has 0 aliphatic heterocycles. The van der Waals surface area contributed by atoms with Crippen LogP contribution in [0.25, 0.3) is 0 Å². The van der Waals surface area contributed by atoms with Crippen molar-refractivity contribution in [2.24, 2.45) is 0 Å². The summed E-state index contributed by atoms with van der Waals surface area (Å²) in [4.78, 5) is 0. The van der Waals surface area contributed by atoms with Gasteiger partial charge in [-0.05, 0) is 13.1 Å². The van der Waals surface area contributed by atoms with Crippen LogP contribution >= 0.6 is 0 Å². The van der Waals surface area contributed by atoms with Gasteiger partial charge < -0.3 is 8.85 Å². The van der Waals surface area contributed by atoms with Gasteiger partial charge in [0.05, 0.1) is 13.2 Å². The first-order valence-electron chi connectivity index (χ1n) is 3.27. The average molecular weight is 168 g/mol. The quantitative estimate of drug-likeness (QED) is 0.460. The molecule has 0 amide bonds. The number of terminal acetylenes is 2. The summed E-state index contributed by atoms with van der Waals surface area (Å²) in [5, 5.41) is 0. The van der Waals surface area contributed by atoms with Gasteiger partial charge in [-0.2, -0.15) is 0 Å². The molecular formula is C8H12O2Si. The highest BCUT2D eigenvalue weighted by atomic mass is 28.4. The molecule has 0 rings (SSSR count). The molecule has 0 bridgehead atoms. The third kappa shape index (κ3) is 5.69. The second-order valence-electron chi connectivity index (χ2n) is 2.39.